The van der Waals surface area contributed by atoms with Gasteiger partial charge in [-0.1, -0.05) is 86.6 Å². The third-order valence-corrected chi connectivity index (χ3v) is 5.96. The third kappa shape index (κ3) is 22.0. The van der Waals surface area contributed by atoms with Crippen molar-refractivity contribution in [2.75, 3.05) is 13.1 Å². The summed E-state index contributed by atoms with van der Waals surface area (Å²) in [5.74, 6) is -1.09. The van der Waals surface area contributed by atoms with Crippen molar-refractivity contribution < 1.29 is 23.9 Å². The molecule has 0 aromatic carbocycles. The zero-order chi connectivity index (χ0) is 29.8. The first-order valence-electron chi connectivity index (χ1n) is 15.1. The highest BCUT2D eigenvalue weighted by Crippen LogP contribution is 2.05. The maximum absolute atomic E-state index is 12.0. The fourth-order valence-corrected chi connectivity index (χ4v) is 3.74. The second-order valence-corrected chi connectivity index (χ2v) is 9.72. The topological polar surface area (TPSA) is 94.1 Å². The van der Waals surface area contributed by atoms with Gasteiger partial charge in [0.05, 0.1) is 5.57 Å². The predicted octanol–water partition coefficient (Wildman–Crippen LogP) is 7.42. The molecule has 0 saturated carbocycles. The van der Waals surface area contributed by atoms with E-state index in [2.05, 4.69) is 65.8 Å². The average molecular weight is 567 g/mol. The van der Waals surface area contributed by atoms with E-state index in [0.29, 0.717) is 31.5 Å². The molecule has 0 radical (unpaired) electrons. The van der Waals surface area contributed by atoms with E-state index in [-0.39, 0.29) is 18.7 Å². The molecule has 0 aromatic rings. The fourth-order valence-electron chi connectivity index (χ4n) is 3.74. The Bertz CT molecular complexity index is 956. The SMILES string of the molecule is CCCCC/C=C\C/C=C\C/C=C\C/C=C\C/C=C\CCC(=O)OC(C)OC(=O)CCCNC(=O)C1=CCCN=C1. The molecule has 1 rings (SSSR count). The van der Waals surface area contributed by atoms with Crippen LogP contribution in [0.25, 0.3) is 0 Å². The second kappa shape index (κ2) is 25.5. The maximum Gasteiger partial charge on any atom is 0.309 e. The second-order valence-electron chi connectivity index (χ2n) is 9.72. The lowest BCUT2D eigenvalue weighted by Gasteiger charge is -2.14. The highest BCUT2D eigenvalue weighted by molar-refractivity contribution is 6.12. The summed E-state index contributed by atoms with van der Waals surface area (Å²) in [5.41, 5.74) is 0.546. The van der Waals surface area contributed by atoms with Gasteiger partial charge in [-0.15, -0.1) is 0 Å². The number of aliphatic imine (C=N–C) groups is 1. The molecule has 0 aliphatic carbocycles. The molecule has 0 aromatic heterocycles. The van der Waals surface area contributed by atoms with Crippen LogP contribution in [0.5, 0.6) is 0 Å². The van der Waals surface area contributed by atoms with Crippen molar-refractivity contribution in [3.8, 4) is 0 Å². The average Bonchev–Trinajstić information content (AvgIpc) is 2.96. The van der Waals surface area contributed by atoms with Crippen molar-refractivity contribution in [2.45, 2.75) is 104 Å². The van der Waals surface area contributed by atoms with Crippen LogP contribution in [0.4, 0.5) is 0 Å². The summed E-state index contributed by atoms with van der Waals surface area (Å²) in [4.78, 5) is 39.9. The normalized spacial score (nSPS) is 14.4. The molecule has 1 amide bonds. The zero-order valence-electron chi connectivity index (χ0n) is 25.1. The highest BCUT2D eigenvalue weighted by atomic mass is 16.7. The molecule has 1 unspecified atom stereocenters. The van der Waals surface area contributed by atoms with Crippen molar-refractivity contribution in [1.29, 1.82) is 0 Å². The van der Waals surface area contributed by atoms with E-state index in [4.69, 9.17) is 9.47 Å². The molecular formula is C34H50N2O5. The number of ether oxygens (including phenoxy) is 2. The zero-order valence-corrected chi connectivity index (χ0v) is 25.1. The summed E-state index contributed by atoms with van der Waals surface area (Å²) < 4.78 is 10.3. The van der Waals surface area contributed by atoms with Crippen molar-refractivity contribution >= 4 is 24.1 Å². The summed E-state index contributed by atoms with van der Waals surface area (Å²) in [6.45, 7) is 4.80. The van der Waals surface area contributed by atoms with Gasteiger partial charge in [-0.3, -0.25) is 19.4 Å². The van der Waals surface area contributed by atoms with Gasteiger partial charge in [0.25, 0.3) is 5.91 Å². The van der Waals surface area contributed by atoms with Crippen LogP contribution in [0.2, 0.25) is 0 Å². The van der Waals surface area contributed by atoms with Gasteiger partial charge < -0.3 is 14.8 Å². The summed E-state index contributed by atoms with van der Waals surface area (Å²) in [6, 6.07) is 0. The van der Waals surface area contributed by atoms with Crippen LogP contribution in [-0.2, 0) is 23.9 Å². The minimum atomic E-state index is -0.944. The van der Waals surface area contributed by atoms with Crippen molar-refractivity contribution in [1.82, 2.24) is 5.32 Å². The molecule has 0 saturated heterocycles. The van der Waals surface area contributed by atoms with E-state index in [1.807, 2.05) is 18.2 Å². The summed E-state index contributed by atoms with van der Waals surface area (Å²) >= 11 is 0. The van der Waals surface area contributed by atoms with Crippen LogP contribution in [0.15, 0.2) is 77.4 Å². The first-order chi connectivity index (χ1) is 20.0. The standard InChI is InChI=1S/C34H50N2O5/c1-3-4-5-6-7-8-9-10-11-12-13-14-15-16-17-18-19-20-21-25-32(37)40-30(2)41-33(38)26-23-28-36-34(39)31-24-22-27-35-29-31/h7-8,10-11,13-14,16-17,19-20,24,29-30H,3-6,9,12,15,18,21-23,25-28H2,1-2H3,(H,36,39)/b8-7-,11-10-,14-13-,17-16-,20-19-. The van der Waals surface area contributed by atoms with Gasteiger partial charge in [-0.2, -0.15) is 0 Å². The number of esters is 2. The Hall–Kier alpha value is -3.48. The monoisotopic (exact) mass is 566 g/mol. The summed E-state index contributed by atoms with van der Waals surface area (Å²) in [5, 5.41) is 2.75. The van der Waals surface area contributed by atoms with Gasteiger partial charge in [-0.25, -0.2) is 0 Å². The van der Waals surface area contributed by atoms with E-state index in [1.54, 1.807) is 6.21 Å². The van der Waals surface area contributed by atoms with E-state index < -0.39 is 18.2 Å². The molecule has 7 nitrogen and oxygen atoms in total. The molecule has 41 heavy (non-hydrogen) atoms. The van der Waals surface area contributed by atoms with Crippen LogP contribution in [0, 0.1) is 0 Å². The van der Waals surface area contributed by atoms with E-state index in [1.165, 1.54) is 32.6 Å². The van der Waals surface area contributed by atoms with Gasteiger partial charge in [0.1, 0.15) is 0 Å². The Morgan fingerprint density at radius 2 is 1.37 bits per heavy atom. The number of unbranched alkanes of at least 4 members (excludes halogenated alkanes) is 3. The lowest BCUT2D eigenvalue weighted by Crippen LogP contribution is -2.28. The Labute approximate surface area is 247 Å². The minimum absolute atomic E-state index is 0.121. The molecule has 226 valence electrons. The Kier molecular flexibility index (Phi) is 22.1. The molecule has 0 bridgehead atoms. The van der Waals surface area contributed by atoms with Crippen molar-refractivity contribution in [3.63, 3.8) is 0 Å². The number of nitrogens with zero attached hydrogens (tertiary/aromatic N) is 1. The van der Waals surface area contributed by atoms with Crippen LogP contribution >= 0.6 is 0 Å². The quantitative estimate of drug-likeness (QED) is 0.0637. The lowest BCUT2D eigenvalue weighted by molar-refractivity contribution is -0.184. The summed E-state index contributed by atoms with van der Waals surface area (Å²) in [6.07, 6.45) is 34.8. The number of hydrogen-bond acceptors (Lipinski definition) is 6. The highest BCUT2D eigenvalue weighted by Gasteiger charge is 2.14. The van der Waals surface area contributed by atoms with E-state index >= 15 is 0 Å². The van der Waals surface area contributed by atoms with Gasteiger partial charge in [0.15, 0.2) is 0 Å². The number of carbonyl (C=O) groups excluding carboxylic acids is 3. The minimum Gasteiger partial charge on any atom is -0.425 e. The van der Waals surface area contributed by atoms with Crippen LogP contribution in [0.1, 0.15) is 97.3 Å². The van der Waals surface area contributed by atoms with Crippen LogP contribution < -0.4 is 5.32 Å². The molecule has 0 fully saturated rings. The molecule has 1 aliphatic heterocycles. The number of hydrogen-bond donors (Lipinski definition) is 1. The van der Waals surface area contributed by atoms with E-state index in [0.717, 1.165) is 32.1 Å². The number of carbonyl (C=O) groups is 3. The maximum atomic E-state index is 12.0. The van der Waals surface area contributed by atoms with Crippen LogP contribution in [0.3, 0.4) is 0 Å². The number of allylic oxidation sites excluding steroid dienone is 10. The molecule has 1 atom stereocenters. The fraction of sp³-hybridized carbons (Fsp3) is 0.529. The van der Waals surface area contributed by atoms with E-state index in [9.17, 15) is 14.4 Å². The van der Waals surface area contributed by atoms with Crippen molar-refractivity contribution in [2.24, 2.45) is 4.99 Å². The summed E-state index contributed by atoms with van der Waals surface area (Å²) in [7, 11) is 0. The number of dihydropyridines is 1. The molecular weight excluding hydrogens is 516 g/mol. The molecule has 1 N–H and O–H groups in total. The molecule has 7 heteroatoms. The Balaban J connectivity index is 2.00. The van der Waals surface area contributed by atoms with Crippen LogP contribution in [-0.4, -0.2) is 43.4 Å². The first kappa shape index (κ1) is 35.5. The number of rotatable bonds is 22. The molecule has 1 heterocycles. The van der Waals surface area contributed by atoms with Gasteiger partial charge in [-0.05, 0) is 57.8 Å². The molecule has 1 aliphatic rings. The Morgan fingerprint density at radius 1 is 0.805 bits per heavy atom. The number of amides is 1. The van der Waals surface area contributed by atoms with Gasteiger partial charge in [0.2, 0.25) is 6.29 Å². The predicted molar refractivity (Wildman–Crippen MR) is 167 cm³/mol. The smallest absolute Gasteiger partial charge is 0.309 e. The molecule has 0 spiro atoms. The number of nitrogens with one attached hydrogen (secondary N) is 1. The van der Waals surface area contributed by atoms with Crippen molar-refractivity contribution in [3.05, 3.63) is 72.4 Å². The van der Waals surface area contributed by atoms with Gasteiger partial charge in [0, 0.05) is 39.1 Å². The lowest BCUT2D eigenvalue weighted by atomic mass is 10.2. The first-order valence-corrected chi connectivity index (χ1v) is 15.1. The third-order valence-electron chi connectivity index (χ3n) is 5.96. The Morgan fingerprint density at radius 3 is 1.93 bits per heavy atom. The largest absolute Gasteiger partial charge is 0.425 e. The van der Waals surface area contributed by atoms with Gasteiger partial charge >= 0.3 is 11.9 Å².